The second-order valence-electron chi connectivity index (χ2n) is 4.11. The highest BCUT2D eigenvalue weighted by Gasteiger charge is 2.06. The number of hydrogen-bond acceptors (Lipinski definition) is 1. The maximum atomic E-state index is 11.4. The first-order valence-corrected chi connectivity index (χ1v) is 6.59. The van der Waals surface area contributed by atoms with Gasteiger partial charge < -0.3 is 5.32 Å². The number of alkyl halides is 1. The predicted molar refractivity (Wildman–Crippen MR) is 66.3 cm³/mol. The zero-order chi connectivity index (χ0) is 11.5. The summed E-state index contributed by atoms with van der Waals surface area (Å²) >= 11 is 5.54. The van der Waals surface area contributed by atoms with E-state index in [4.69, 9.17) is 11.6 Å². The molecule has 0 fully saturated rings. The lowest BCUT2D eigenvalue weighted by Gasteiger charge is -2.13. The first-order valence-electron chi connectivity index (χ1n) is 6.06. The van der Waals surface area contributed by atoms with Crippen molar-refractivity contribution in [3.8, 4) is 0 Å². The molecule has 0 radical (unpaired) electrons. The molecule has 0 spiro atoms. The summed E-state index contributed by atoms with van der Waals surface area (Å²) < 4.78 is 0. The maximum absolute atomic E-state index is 11.4. The smallest absolute Gasteiger partial charge is 0.220 e. The fourth-order valence-corrected chi connectivity index (χ4v) is 1.69. The molecule has 3 heteroatoms. The largest absolute Gasteiger partial charge is 0.354 e. The fraction of sp³-hybridized carbons (Fsp3) is 0.917. The Morgan fingerprint density at radius 2 is 2.00 bits per heavy atom. The second-order valence-corrected chi connectivity index (χ2v) is 4.49. The molecule has 0 saturated carbocycles. The normalized spacial score (nSPS) is 12.5. The Bertz CT molecular complexity index is 162. The van der Waals surface area contributed by atoms with E-state index in [9.17, 15) is 4.79 Å². The molecule has 0 aliphatic rings. The van der Waals surface area contributed by atoms with Gasteiger partial charge in [-0.1, -0.05) is 26.2 Å². The van der Waals surface area contributed by atoms with Crippen molar-refractivity contribution in [2.24, 2.45) is 0 Å². The van der Waals surface area contributed by atoms with Crippen molar-refractivity contribution in [3.63, 3.8) is 0 Å². The van der Waals surface area contributed by atoms with Crippen LogP contribution in [0.3, 0.4) is 0 Å². The number of hydrogen-bond donors (Lipinski definition) is 1. The van der Waals surface area contributed by atoms with Crippen molar-refractivity contribution in [2.45, 2.75) is 64.8 Å². The average molecular weight is 234 g/mol. The molecule has 15 heavy (non-hydrogen) atoms. The fourth-order valence-electron chi connectivity index (χ4n) is 1.50. The summed E-state index contributed by atoms with van der Waals surface area (Å²) in [6.45, 7) is 4.27. The van der Waals surface area contributed by atoms with Crippen molar-refractivity contribution in [3.05, 3.63) is 0 Å². The van der Waals surface area contributed by atoms with Gasteiger partial charge in [-0.15, -0.1) is 11.6 Å². The molecule has 0 heterocycles. The van der Waals surface area contributed by atoms with Crippen molar-refractivity contribution < 1.29 is 4.79 Å². The Hall–Kier alpha value is -0.240. The summed E-state index contributed by atoms with van der Waals surface area (Å²) in [6.07, 6.45) is 7.23. The summed E-state index contributed by atoms with van der Waals surface area (Å²) in [6, 6.07) is 0.319. The molecule has 1 unspecified atom stereocenters. The van der Waals surface area contributed by atoms with Crippen molar-refractivity contribution in [1.29, 1.82) is 0 Å². The molecule has 90 valence electrons. The molecule has 0 rings (SSSR count). The van der Waals surface area contributed by atoms with Gasteiger partial charge >= 0.3 is 0 Å². The summed E-state index contributed by atoms with van der Waals surface area (Å²) in [7, 11) is 0. The molecule has 1 atom stereocenters. The first-order chi connectivity index (χ1) is 7.20. The Morgan fingerprint density at radius 1 is 1.27 bits per heavy atom. The van der Waals surface area contributed by atoms with Crippen LogP contribution in [0.1, 0.15) is 58.8 Å². The number of carbonyl (C=O) groups is 1. The third-order valence-electron chi connectivity index (χ3n) is 2.44. The van der Waals surface area contributed by atoms with Gasteiger partial charge in [0.25, 0.3) is 0 Å². The molecule has 0 aromatic carbocycles. The topological polar surface area (TPSA) is 29.1 Å². The lowest BCUT2D eigenvalue weighted by atomic mass is 10.1. The zero-order valence-corrected chi connectivity index (χ0v) is 10.8. The van der Waals surface area contributed by atoms with Crippen LogP contribution in [0.15, 0.2) is 0 Å². The number of carbonyl (C=O) groups excluding carboxylic acids is 1. The number of halogens is 1. The Morgan fingerprint density at radius 3 is 2.60 bits per heavy atom. The van der Waals surface area contributed by atoms with E-state index in [-0.39, 0.29) is 5.91 Å². The number of amides is 1. The van der Waals surface area contributed by atoms with E-state index in [0.717, 1.165) is 19.3 Å². The van der Waals surface area contributed by atoms with Gasteiger partial charge in [0.05, 0.1) is 0 Å². The van der Waals surface area contributed by atoms with Gasteiger partial charge in [-0.3, -0.25) is 4.79 Å². The van der Waals surface area contributed by atoms with Crippen LogP contribution in [-0.2, 0) is 4.79 Å². The molecule has 0 aliphatic carbocycles. The standard InChI is InChI=1S/C12H24ClNO/c1-3-4-5-8-11(2)14-12(15)9-6-7-10-13/h11H,3-10H2,1-2H3,(H,14,15). The Labute approximate surface area is 98.8 Å². The van der Waals surface area contributed by atoms with Crippen LogP contribution in [-0.4, -0.2) is 17.8 Å². The lowest BCUT2D eigenvalue weighted by Crippen LogP contribution is -2.32. The van der Waals surface area contributed by atoms with Crippen LogP contribution < -0.4 is 5.32 Å². The quantitative estimate of drug-likeness (QED) is 0.480. The Kier molecular flexibility index (Phi) is 10.1. The van der Waals surface area contributed by atoms with E-state index >= 15 is 0 Å². The van der Waals surface area contributed by atoms with Crippen molar-refractivity contribution >= 4 is 17.5 Å². The Balaban J connectivity index is 3.40. The molecule has 0 saturated heterocycles. The molecule has 0 aromatic heterocycles. The van der Waals surface area contributed by atoms with Gasteiger partial charge in [-0.2, -0.15) is 0 Å². The molecular weight excluding hydrogens is 210 g/mol. The van der Waals surface area contributed by atoms with Crippen LogP contribution >= 0.6 is 11.6 Å². The maximum Gasteiger partial charge on any atom is 0.220 e. The van der Waals surface area contributed by atoms with Gasteiger partial charge in [-0.05, 0) is 26.2 Å². The van der Waals surface area contributed by atoms with Crippen molar-refractivity contribution in [1.82, 2.24) is 5.32 Å². The van der Waals surface area contributed by atoms with E-state index in [1.165, 1.54) is 19.3 Å². The summed E-state index contributed by atoms with van der Waals surface area (Å²) in [5, 5.41) is 3.02. The van der Waals surface area contributed by atoms with Crippen LogP contribution in [0.25, 0.3) is 0 Å². The molecule has 2 nitrogen and oxygen atoms in total. The van der Waals surface area contributed by atoms with Crippen LogP contribution in [0.4, 0.5) is 0 Å². The van der Waals surface area contributed by atoms with E-state index in [2.05, 4.69) is 19.2 Å². The van der Waals surface area contributed by atoms with Gasteiger partial charge in [0.1, 0.15) is 0 Å². The van der Waals surface area contributed by atoms with Gasteiger partial charge in [0.2, 0.25) is 5.91 Å². The third-order valence-corrected chi connectivity index (χ3v) is 2.70. The lowest BCUT2D eigenvalue weighted by molar-refractivity contribution is -0.121. The summed E-state index contributed by atoms with van der Waals surface area (Å²) in [5.74, 6) is 0.823. The van der Waals surface area contributed by atoms with Gasteiger partial charge in [-0.25, -0.2) is 0 Å². The highest BCUT2D eigenvalue weighted by Crippen LogP contribution is 2.04. The average Bonchev–Trinajstić information content (AvgIpc) is 2.18. The molecule has 0 bridgehead atoms. The first kappa shape index (κ1) is 14.8. The van der Waals surface area contributed by atoms with Gasteiger partial charge in [0, 0.05) is 18.3 Å². The van der Waals surface area contributed by atoms with Gasteiger partial charge in [0.15, 0.2) is 0 Å². The molecule has 1 amide bonds. The van der Waals surface area contributed by atoms with E-state index < -0.39 is 0 Å². The molecule has 1 N–H and O–H groups in total. The molecule has 0 aromatic rings. The van der Waals surface area contributed by atoms with E-state index in [0.29, 0.717) is 18.3 Å². The minimum absolute atomic E-state index is 0.170. The van der Waals surface area contributed by atoms with Crippen molar-refractivity contribution in [2.75, 3.05) is 5.88 Å². The zero-order valence-electron chi connectivity index (χ0n) is 10.0. The number of rotatable bonds is 9. The molecular formula is C12H24ClNO. The highest BCUT2D eigenvalue weighted by atomic mass is 35.5. The van der Waals surface area contributed by atoms with Crippen LogP contribution in [0.5, 0.6) is 0 Å². The minimum atomic E-state index is 0.170. The van der Waals surface area contributed by atoms with E-state index in [1.54, 1.807) is 0 Å². The second kappa shape index (κ2) is 10.3. The summed E-state index contributed by atoms with van der Waals surface area (Å²) in [4.78, 5) is 11.4. The van der Waals surface area contributed by atoms with E-state index in [1.807, 2.05) is 0 Å². The SMILES string of the molecule is CCCCCC(C)NC(=O)CCCCCl. The number of unbranched alkanes of at least 4 members (excludes halogenated alkanes) is 3. The number of nitrogens with one attached hydrogen (secondary N) is 1. The third kappa shape index (κ3) is 10.1. The highest BCUT2D eigenvalue weighted by molar-refractivity contribution is 6.17. The summed E-state index contributed by atoms with van der Waals surface area (Å²) in [5.41, 5.74) is 0. The van der Waals surface area contributed by atoms with Crippen LogP contribution in [0.2, 0.25) is 0 Å². The molecule has 0 aliphatic heterocycles. The van der Waals surface area contributed by atoms with Crippen LogP contribution in [0, 0.1) is 0 Å². The minimum Gasteiger partial charge on any atom is -0.354 e. The monoisotopic (exact) mass is 233 g/mol. The predicted octanol–water partition coefficient (Wildman–Crippen LogP) is 3.48.